The molecule has 0 aliphatic rings. The molecule has 0 radical (unpaired) electrons. The van der Waals surface area contributed by atoms with E-state index >= 15 is 0 Å². The van der Waals surface area contributed by atoms with Gasteiger partial charge in [0.1, 0.15) is 5.92 Å². The standard InChI is InChI=1S/C13H10Cl2N2S/c1-7-3-8(2)12(10(14)4-7)9(5-16)11-6-17-13(15)18-11/h3-4,6,9H,1-2H3. The van der Waals surface area contributed by atoms with Crippen LogP contribution >= 0.6 is 34.5 Å². The molecule has 0 saturated heterocycles. The van der Waals surface area contributed by atoms with Crippen molar-refractivity contribution in [2.24, 2.45) is 0 Å². The Morgan fingerprint density at radius 2 is 2.06 bits per heavy atom. The van der Waals surface area contributed by atoms with Gasteiger partial charge in [-0.05, 0) is 36.6 Å². The average Bonchev–Trinajstić information content (AvgIpc) is 2.69. The van der Waals surface area contributed by atoms with Gasteiger partial charge in [-0.1, -0.05) is 29.3 Å². The summed E-state index contributed by atoms with van der Waals surface area (Å²) in [6, 6.07) is 6.17. The summed E-state index contributed by atoms with van der Waals surface area (Å²) in [5, 5.41) is 10.0. The third-order valence-electron chi connectivity index (χ3n) is 2.68. The predicted molar refractivity (Wildman–Crippen MR) is 75.5 cm³/mol. The van der Waals surface area contributed by atoms with Gasteiger partial charge in [0, 0.05) is 16.1 Å². The number of rotatable bonds is 2. The molecule has 1 atom stereocenters. The Bertz CT molecular complexity index is 605. The number of thiazole rings is 1. The van der Waals surface area contributed by atoms with E-state index in [1.165, 1.54) is 11.3 Å². The Hall–Kier alpha value is -1.08. The summed E-state index contributed by atoms with van der Waals surface area (Å²) in [7, 11) is 0. The van der Waals surface area contributed by atoms with Crippen LogP contribution in [-0.2, 0) is 0 Å². The van der Waals surface area contributed by atoms with Gasteiger partial charge in [0.15, 0.2) is 4.47 Å². The maximum atomic E-state index is 9.39. The van der Waals surface area contributed by atoms with Crippen LogP contribution in [0.5, 0.6) is 0 Å². The van der Waals surface area contributed by atoms with Crippen molar-refractivity contribution >= 4 is 34.5 Å². The number of nitriles is 1. The Morgan fingerprint density at radius 1 is 1.33 bits per heavy atom. The highest BCUT2D eigenvalue weighted by Gasteiger charge is 2.21. The second-order valence-corrected chi connectivity index (χ2v) is 6.11. The maximum absolute atomic E-state index is 9.39. The molecule has 0 bridgehead atoms. The van der Waals surface area contributed by atoms with Gasteiger partial charge >= 0.3 is 0 Å². The van der Waals surface area contributed by atoms with Crippen molar-refractivity contribution in [3.05, 3.63) is 49.4 Å². The monoisotopic (exact) mass is 296 g/mol. The summed E-state index contributed by atoms with van der Waals surface area (Å²) in [5.41, 5.74) is 2.93. The Morgan fingerprint density at radius 3 is 2.56 bits per heavy atom. The van der Waals surface area contributed by atoms with Gasteiger partial charge in [-0.2, -0.15) is 5.26 Å². The molecular formula is C13H10Cl2N2S. The predicted octanol–water partition coefficient (Wildman–Crippen LogP) is 4.72. The lowest BCUT2D eigenvalue weighted by Gasteiger charge is -2.13. The van der Waals surface area contributed by atoms with Crippen LogP contribution in [0.2, 0.25) is 9.49 Å². The SMILES string of the molecule is Cc1cc(C)c(C(C#N)c2cnc(Cl)s2)c(Cl)c1. The molecule has 0 spiro atoms. The highest BCUT2D eigenvalue weighted by atomic mass is 35.5. The number of aromatic nitrogens is 1. The van der Waals surface area contributed by atoms with E-state index in [9.17, 15) is 5.26 Å². The maximum Gasteiger partial charge on any atom is 0.183 e. The molecule has 0 amide bonds. The summed E-state index contributed by atoms with van der Waals surface area (Å²) >= 11 is 13.4. The average molecular weight is 297 g/mol. The van der Waals surface area contributed by atoms with Crippen LogP contribution in [0.15, 0.2) is 18.3 Å². The van der Waals surface area contributed by atoms with Crippen molar-refractivity contribution in [1.29, 1.82) is 5.26 Å². The highest BCUT2D eigenvalue weighted by Crippen LogP contribution is 2.36. The Balaban J connectivity index is 2.56. The first-order valence-electron chi connectivity index (χ1n) is 5.30. The molecular weight excluding hydrogens is 287 g/mol. The summed E-state index contributed by atoms with van der Waals surface area (Å²) in [5.74, 6) is -0.414. The second kappa shape index (κ2) is 5.27. The zero-order valence-corrected chi connectivity index (χ0v) is 12.2. The Kier molecular flexibility index (Phi) is 3.91. The molecule has 1 aromatic heterocycles. The molecule has 92 valence electrons. The van der Waals surface area contributed by atoms with E-state index in [1.54, 1.807) is 6.20 Å². The molecule has 2 aromatic rings. The molecule has 0 aliphatic carbocycles. The van der Waals surface area contributed by atoms with E-state index in [2.05, 4.69) is 11.1 Å². The molecule has 1 aromatic carbocycles. The van der Waals surface area contributed by atoms with Crippen molar-refractivity contribution in [3.8, 4) is 6.07 Å². The first-order valence-corrected chi connectivity index (χ1v) is 6.87. The van der Waals surface area contributed by atoms with E-state index in [0.717, 1.165) is 21.6 Å². The topological polar surface area (TPSA) is 36.7 Å². The number of hydrogen-bond acceptors (Lipinski definition) is 3. The molecule has 0 aliphatic heterocycles. The summed E-state index contributed by atoms with van der Waals surface area (Å²) in [6.45, 7) is 3.94. The number of nitrogens with zero attached hydrogens (tertiary/aromatic N) is 2. The first-order chi connectivity index (χ1) is 8.52. The largest absolute Gasteiger partial charge is 0.233 e. The van der Waals surface area contributed by atoms with Crippen LogP contribution in [0, 0.1) is 25.2 Å². The molecule has 2 rings (SSSR count). The molecule has 1 heterocycles. The molecule has 0 N–H and O–H groups in total. The van der Waals surface area contributed by atoms with Gasteiger partial charge in [-0.25, -0.2) is 4.98 Å². The summed E-state index contributed by atoms with van der Waals surface area (Å²) in [4.78, 5) is 4.79. The van der Waals surface area contributed by atoms with Crippen LogP contribution in [0.3, 0.4) is 0 Å². The van der Waals surface area contributed by atoms with Gasteiger partial charge < -0.3 is 0 Å². The second-order valence-electron chi connectivity index (χ2n) is 4.06. The van der Waals surface area contributed by atoms with E-state index < -0.39 is 5.92 Å². The lowest BCUT2D eigenvalue weighted by atomic mass is 9.93. The zero-order chi connectivity index (χ0) is 13.3. The van der Waals surface area contributed by atoms with E-state index in [0.29, 0.717) is 9.49 Å². The van der Waals surface area contributed by atoms with Gasteiger partial charge in [-0.3, -0.25) is 0 Å². The molecule has 2 nitrogen and oxygen atoms in total. The molecule has 1 unspecified atom stereocenters. The van der Waals surface area contributed by atoms with Crippen LogP contribution < -0.4 is 0 Å². The lowest BCUT2D eigenvalue weighted by molar-refractivity contribution is 1.04. The van der Waals surface area contributed by atoms with Crippen LogP contribution in [-0.4, -0.2) is 4.98 Å². The fourth-order valence-corrected chi connectivity index (χ4v) is 3.40. The van der Waals surface area contributed by atoms with Gasteiger partial charge in [0.05, 0.1) is 6.07 Å². The van der Waals surface area contributed by atoms with Gasteiger partial charge in [0.2, 0.25) is 0 Å². The fraction of sp³-hybridized carbons (Fsp3) is 0.231. The van der Waals surface area contributed by atoms with E-state index in [1.807, 2.05) is 26.0 Å². The minimum absolute atomic E-state index is 0.414. The molecule has 0 saturated carbocycles. The zero-order valence-electron chi connectivity index (χ0n) is 9.87. The highest BCUT2D eigenvalue weighted by molar-refractivity contribution is 7.15. The van der Waals surface area contributed by atoms with Crippen molar-refractivity contribution in [1.82, 2.24) is 4.98 Å². The third-order valence-corrected chi connectivity index (χ3v) is 4.17. The summed E-state index contributed by atoms with van der Waals surface area (Å²) in [6.07, 6.45) is 1.64. The third kappa shape index (κ3) is 2.51. The number of benzene rings is 1. The van der Waals surface area contributed by atoms with Crippen molar-refractivity contribution in [2.45, 2.75) is 19.8 Å². The first kappa shape index (κ1) is 13.4. The number of halogens is 2. The minimum atomic E-state index is -0.414. The van der Waals surface area contributed by atoms with Crippen molar-refractivity contribution < 1.29 is 0 Å². The minimum Gasteiger partial charge on any atom is -0.233 e. The Labute approximate surface area is 120 Å². The van der Waals surface area contributed by atoms with Crippen molar-refractivity contribution in [3.63, 3.8) is 0 Å². The molecule has 18 heavy (non-hydrogen) atoms. The van der Waals surface area contributed by atoms with Crippen LogP contribution in [0.4, 0.5) is 0 Å². The van der Waals surface area contributed by atoms with E-state index in [-0.39, 0.29) is 0 Å². The normalized spacial score (nSPS) is 12.2. The van der Waals surface area contributed by atoms with Gasteiger partial charge in [0.25, 0.3) is 0 Å². The van der Waals surface area contributed by atoms with Crippen LogP contribution in [0.1, 0.15) is 27.5 Å². The van der Waals surface area contributed by atoms with Gasteiger partial charge in [-0.15, -0.1) is 11.3 Å². The molecule has 0 fully saturated rings. The smallest absolute Gasteiger partial charge is 0.183 e. The van der Waals surface area contributed by atoms with Crippen molar-refractivity contribution in [2.75, 3.05) is 0 Å². The molecule has 5 heteroatoms. The lowest BCUT2D eigenvalue weighted by Crippen LogP contribution is -2.00. The fourth-order valence-electron chi connectivity index (χ4n) is 1.96. The summed E-state index contributed by atoms with van der Waals surface area (Å²) < 4.78 is 0.436. The quantitative estimate of drug-likeness (QED) is 0.804. The number of hydrogen-bond donors (Lipinski definition) is 0. The number of aryl methyl sites for hydroxylation is 2. The van der Waals surface area contributed by atoms with Crippen LogP contribution in [0.25, 0.3) is 0 Å². The van der Waals surface area contributed by atoms with E-state index in [4.69, 9.17) is 23.2 Å².